The molecule has 3 rings (SSSR count). The first-order chi connectivity index (χ1) is 8.81. The van der Waals surface area contributed by atoms with Crippen molar-refractivity contribution in [3.63, 3.8) is 0 Å². The molecule has 18 heavy (non-hydrogen) atoms. The van der Waals surface area contributed by atoms with Gasteiger partial charge in [-0.05, 0) is 36.5 Å². The SMILES string of the molecule is O=C1NCC[C@H]1Oc1ccc(CCC2CC2)cc1. The molecule has 0 bridgehead atoms. The summed E-state index contributed by atoms with van der Waals surface area (Å²) in [5.74, 6) is 1.78. The molecule has 1 aliphatic heterocycles. The molecule has 0 unspecified atom stereocenters. The molecule has 3 heteroatoms. The summed E-state index contributed by atoms with van der Waals surface area (Å²) in [6.07, 6.45) is 5.76. The third-order valence-electron chi connectivity index (χ3n) is 3.74. The van der Waals surface area contributed by atoms with Crippen LogP contribution < -0.4 is 10.1 Å². The van der Waals surface area contributed by atoms with Crippen molar-refractivity contribution in [1.82, 2.24) is 5.32 Å². The monoisotopic (exact) mass is 245 g/mol. The number of ether oxygens (including phenoxy) is 1. The lowest BCUT2D eigenvalue weighted by Gasteiger charge is -2.11. The van der Waals surface area contributed by atoms with Crippen molar-refractivity contribution >= 4 is 5.91 Å². The number of benzene rings is 1. The topological polar surface area (TPSA) is 38.3 Å². The average molecular weight is 245 g/mol. The Morgan fingerprint density at radius 1 is 1.17 bits per heavy atom. The molecule has 1 aromatic carbocycles. The fourth-order valence-corrected chi connectivity index (χ4v) is 2.36. The average Bonchev–Trinajstić information content (AvgIpc) is 3.13. The molecule has 1 heterocycles. The highest BCUT2D eigenvalue weighted by atomic mass is 16.5. The van der Waals surface area contributed by atoms with Gasteiger partial charge in [0.05, 0.1) is 0 Å². The van der Waals surface area contributed by atoms with Crippen molar-refractivity contribution in [2.75, 3.05) is 6.54 Å². The van der Waals surface area contributed by atoms with Gasteiger partial charge in [0.2, 0.25) is 0 Å². The molecule has 2 aliphatic rings. The van der Waals surface area contributed by atoms with Crippen LogP contribution in [0.3, 0.4) is 0 Å². The highest BCUT2D eigenvalue weighted by Gasteiger charge is 2.25. The number of hydrogen-bond donors (Lipinski definition) is 1. The zero-order valence-electron chi connectivity index (χ0n) is 10.5. The fourth-order valence-electron chi connectivity index (χ4n) is 2.36. The predicted octanol–water partition coefficient (Wildman–Crippen LogP) is 2.30. The van der Waals surface area contributed by atoms with Gasteiger partial charge >= 0.3 is 0 Å². The second kappa shape index (κ2) is 5.01. The quantitative estimate of drug-likeness (QED) is 0.864. The van der Waals surface area contributed by atoms with Crippen LogP contribution in [0.1, 0.15) is 31.2 Å². The molecule has 1 saturated heterocycles. The maximum atomic E-state index is 11.4. The summed E-state index contributed by atoms with van der Waals surface area (Å²) in [6.45, 7) is 0.725. The molecule has 1 aromatic rings. The minimum atomic E-state index is -0.303. The van der Waals surface area contributed by atoms with Gasteiger partial charge in [-0.2, -0.15) is 0 Å². The van der Waals surface area contributed by atoms with Crippen LogP contribution in [0.15, 0.2) is 24.3 Å². The van der Waals surface area contributed by atoms with Gasteiger partial charge in [-0.3, -0.25) is 4.79 Å². The van der Waals surface area contributed by atoms with Crippen LogP contribution in [-0.4, -0.2) is 18.6 Å². The summed E-state index contributed by atoms with van der Waals surface area (Å²) in [5.41, 5.74) is 1.37. The Labute approximate surface area is 108 Å². The standard InChI is InChI=1S/C15H19NO2/c17-15-14(9-10-16-15)18-13-7-5-12(6-8-13)4-3-11-1-2-11/h5-8,11,14H,1-4,9-10H2,(H,16,17)/t14-/m1/s1. The minimum absolute atomic E-state index is 0.00723. The highest BCUT2D eigenvalue weighted by Crippen LogP contribution is 2.33. The Bertz CT molecular complexity index is 423. The lowest BCUT2D eigenvalue weighted by atomic mass is 10.1. The molecule has 96 valence electrons. The molecule has 0 radical (unpaired) electrons. The van der Waals surface area contributed by atoms with Crippen LogP contribution in [0.5, 0.6) is 5.75 Å². The second-order valence-corrected chi connectivity index (χ2v) is 5.31. The molecule has 2 fully saturated rings. The molecule has 0 aromatic heterocycles. The summed E-state index contributed by atoms with van der Waals surface area (Å²) in [5, 5.41) is 2.78. The number of amides is 1. The maximum Gasteiger partial charge on any atom is 0.261 e. The first-order valence-corrected chi connectivity index (χ1v) is 6.84. The van der Waals surface area contributed by atoms with Gasteiger partial charge < -0.3 is 10.1 Å². The van der Waals surface area contributed by atoms with Crippen molar-refractivity contribution in [1.29, 1.82) is 0 Å². The summed E-state index contributed by atoms with van der Waals surface area (Å²) < 4.78 is 5.67. The Morgan fingerprint density at radius 2 is 1.94 bits per heavy atom. The lowest BCUT2D eigenvalue weighted by molar-refractivity contribution is -0.124. The molecule has 3 nitrogen and oxygen atoms in total. The van der Waals surface area contributed by atoms with Gasteiger partial charge in [0.1, 0.15) is 5.75 Å². The molecule has 0 spiro atoms. The van der Waals surface area contributed by atoms with Gasteiger partial charge in [-0.1, -0.05) is 25.0 Å². The third-order valence-corrected chi connectivity index (χ3v) is 3.74. The number of carbonyl (C=O) groups is 1. The van der Waals surface area contributed by atoms with Crippen LogP contribution in [0, 0.1) is 5.92 Å². The number of rotatable bonds is 5. The fraction of sp³-hybridized carbons (Fsp3) is 0.533. The van der Waals surface area contributed by atoms with Gasteiger partial charge in [0.15, 0.2) is 6.10 Å². The van der Waals surface area contributed by atoms with E-state index in [1.165, 1.54) is 24.8 Å². The van der Waals surface area contributed by atoms with E-state index in [9.17, 15) is 4.79 Å². The van der Waals surface area contributed by atoms with Gasteiger partial charge in [-0.15, -0.1) is 0 Å². The van der Waals surface area contributed by atoms with Gasteiger partial charge in [-0.25, -0.2) is 0 Å². The Hall–Kier alpha value is -1.51. The van der Waals surface area contributed by atoms with Crippen LogP contribution >= 0.6 is 0 Å². The van der Waals surface area contributed by atoms with Crippen LogP contribution in [0.2, 0.25) is 0 Å². The van der Waals surface area contributed by atoms with E-state index in [0.29, 0.717) is 0 Å². The minimum Gasteiger partial charge on any atom is -0.481 e. The number of carbonyl (C=O) groups excluding carboxylic acids is 1. The second-order valence-electron chi connectivity index (χ2n) is 5.31. The first kappa shape index (κ1) is 11.6. The summed E-state index contributed by atoms with van der Waals surface area (Å²) in [6, 6.07) is 8.19. The Morgan fingerprint density at radius 3 is 2.56 bits per heavy atom. The zero-order chi connectivity index (χ0) is 12.4. The van der Waals surface area contributed by atoms with E-state index in [1.807, 2.05) is 12.1 Å². The molecule has 1 saturated carbocycles. The number of hydrogen-bond acceptors (Lipinski definition) is 2. The predicted molar refractivity (Wildman–Crippen MR) is 69.5 cm³/mol. The van der Waals surface area contributed by atoms with E-state index >= 15 is 0 Å². The van der Waals surface area contributed by atoms with Crippen LogP contribution in [0.25, 0.3) is 0 Å². The highest BCUT2D eigenvalue weighted by molar-refractivity contribution is 5.83. The lowest BCUT2D eigenvalue weighted by Crippen LogP contribution is -2.27. The summed E-state index contributed by atoms with van der Waals surface area (Å²) >= 11 is 0. The summed E-state index contributed by atoms with van der Waals surface area (Å²) in [4.78, 5) is 11.4. The zero-order valence-corrected chi connectivity index (χ0v) is 10.5. The van der Waals surface area contributed by atoms with Crippen molar-refractivity contribution in [3.05, 3.63) is 29.8 Å². The van der Waals surface area contributed by atoms with E-state index in [2.05, 4.69) is 17.4 Å². The van der Waals surface area contributed by atoms with E-state index in [0.717, 1.165) is 31.1 Å². The number of nitrogens with one attached hydrogen (secondary N) is 1. The molecular weight excluding hydrogens is 226 g/mol. The molecule has 1 amide bonds. The normalized spacial score (nSPS) is 22.9. The molecule has 1 atom stereocenters. The first-order valence-electron chi connectivity index (χ1n) is 6.84. The van der Waals surface area contributed by atoms with Gasteiger partial charge in [0.25, 0.3) is 5.91 Å². The largest absolute Gasteiger partial charge is 0.481 e. The van der Waals surface area contributed by atoms with Crippen molar-refractivity contribution in [2.45, 2.75) is 38.2 Å². The van der Waals surface area contributed by atoms with E-state index in [4.69, 9.17) is 4.74 Å². The van der Waals surface area contributed by atoms with Crippen molar-refractivity contribution < 1.29 is 9.53 Å². The van der Waals surface area contributed by atoms with E-state index in [1.54, 1.807) is 0 Å². The Balaban J connectivity index is 1.54. The molecular formula is C15H19NO2. The smallest absolute Gasteiger partial charge is 0.261 e. The third kappa shape index (κ3) is 2.84. The van der Waals surface area contributed by atoms with Crippen LogP contribution in [0.4, 0.5) is 0 Å². The Kier molecular flexibility index (Phi) is 3.22. The van der Waals surface area contributed by atoms with Crippen LogP contribution in [-0.2, 0) is 11.2 Å². The summed E-state index contributed by atoms with van der Waals surface area (Å²) in [7, 11) is 0. The maximum absolute atomic E-state index is 11.4. The van der Waals surface area contributed by atoms with Gasteiger partial charge in [0, 0.05) is 13.0 Å². The van der Waals surface area contributed by atoms with E-state index < -0.39 is 0 Å². The number of aryl methyl sites for hydroxylation is 1. The van der Waals surface area contributed by atoms with Crippen molar-refractivity contribution in [3.8, 4) is 5.75 Å². The van der Waals surface area contributed by atoms with Crippen molar-refractivity contribution in [2.24, 2.45) is 5.92 Å². The van der Waals surface area contributed by atoms with E-state index in [-0.39, 0.29) is 12.0 Å². The molecule has 1 N–H and O–H groups in total. The molecule has 1 aliphatic carbocycles.